The van der Waals surface area contributed by atoms with Crippen molar-refractivity contribution in [3.05, 3.63) is 108 Å². The van der Waals surface area contributed by atoms with E-state index in [1.807, 2.05) is 34.9 Å². The molecule has 0 unspecified atom stereocenters. The summed E-state index contributed by atoms with van der Waals surface area (Å²) in [5.74, 6) is -2.98. The van der Waals surface area contributed by atoms with Crippen LogP contribution < -0.4 is 20.6 Å². The van der Waals surface area contributed by atoms with E-state index in [9.17, 15) is 34.5 Å². The number of unbranched alkanes of at least 4 members (excludes halogenated alkanes) is 3. The Morgan fingerprint density at radius 1 is 0.509 bits per heavy atom. The van der Waals surface area contributed by atoms with Crippen LogP contribution in [-0.2, 0) is 23.9 Å². The van der Waals surface area contributed by atoms with Gasteiger partial charge in [0, 0.05) is 78.5 Å². The number of hydrogen-bond donors (Lipinski definition) is 1. The van der Waals surface area contributed by atoms with Gasteiger partial charge in [-0.2, -0.15) is 0 Å². The summed E-state index contributed by atoms with van der Waals surface area (Å²) >= 11 is 1.95. The normalized spacial score (nSPS) is 15.6. The van der Waals surface area contributed by atoms with E-state index in [4.69, 9.17) is 0 Å². The van der Waals surface area contributed by atoms with Crippen molar-refractivity contribution in [2.45, 2.75) is 30.4 Å². The number of benzene rings is 3. The summed E-state index contributed by atoms with van der Waals surface area (Å²) in [4.78, 5) is 54.0. The monoisotopic (exact) mass is 911 g/mol. The van der Waals surface area contributed by atoms with Crippen molar-refractivity contribution in [3.63, 3.8) is 0 Å². The summed E-state index contributed by atoms with van der Waals surface area (Å²) in [6.07, 6.45) is 3.84. The van der Waals surface area contributed by atoms with Crippen LogP contribution in [0.4, 0.5) is 0 Å². The van der Waals surface area contributed by atoms with Gasteiger partial charge in [0.1, 0.15) is 0 Å². The number of hydrogen-bond acceptors (Lipinski definition) is 12. The number of amides is 1. The van der Waals surface area contributed by atoms with Crippen molar-refractivity contribution in [2.24, 2.45) is 0 Å². The topological polar surface area (TPSA) is 162 Å². The predicted octanol–water partition coefficient (Wildman–Crippen LogP) is -0.140. The molecule has 0 aromatic heterocycles. The number of rotatable bonds is 19. The van der Waals surface area contributed by atoms with Gasteiger partial charge in [0.2, 0.25) is 5.91 Å². The van der Waals surface area contributed by atoms with Gasteiger partial charge < -0.3 is 35.0 Å². The summed E-state index contributed by atoms with van der Waals surface area (Å²) in [6.45, 7) is 1.90. The van der Waals surface area contributed by atoms with Crippen molar-refractivity contribution >= 4 is 35.6 Å². The first-order valence-corrected chi connectivity index (χ1v) is 19.7. The van der Waals surface area contributed by atoms with E-state index in [0.29, 0.717) is 32.7 Å². The van der Waals surface area contributed by atoms with Gasteiger partial charge in [0.15, 0.2) is 0 Å². The Bertz CT molecular complexity index is 1460. The molecule has 3 aromatic carbocycles. The van der Waals surface area contributed by atoms with Gasteiger partial charge in [-0.15, -0.1) is 11.8 Å². The zero-order chi connectivity index (χ0) is 38.6. The van der Waals surface area contributed by atoms with Crippen molar-refractivity contribution < 1.29 is 83.9 Å². The van der Waals surface area contributed by atoms with Crippen molar-refractivity contribution in [3.8, 4) is 0 Å². The fourth-order valence-electron chi connectivity index (χ4n) is 6.82. The van der Waals surface area contributed by atoms with Crippen LogP contribution in [0, 0.1) is 49.4 Å². The Kier molecular flexibility index (Phi) is 21.7. The fourth-order valence-corrected chi connectivity index (χ4v) is 8.38. The van der Waals surface area contributed by atoms with Crippen LogP contribution in [0.2, 0.25) is 0 Å². The molecule has 0 atom stereocenters. The number of aliphatic carboxylic acids is 3. The average Bonchev–Trinajstić information content (AvgIpc) is 3.16. The van der Waals surface area contributed by atoms with Gasteiger partial charge >= 0.3 is 49.4 Å². The maximum Gasteiger partial charge on any atom is 3.00 e. The number of carbonyl (C=O) groups excluding carboxylic acids is 4. The Morgan fingerprint density at radius 3 is 1.18 bits per heavy atom. The van der Waals surface area contributed by atoms with Crippen LogP contribution in [0.1, 0.15) is 42.4 Å². The maximum absolute atomic E-state index is 13.0. The molecular weight excluding hydrogens is 859 g/mol. The van der Waals surface area contributed by atoms with Crippen LogP contribution in [0.15, 0.2) is 91.0 Å². The number of nitrogens with zero attached hydrogens (tertiary/aromatic N) is 4. The van der Waals surface area contributed by atoms with E-state index in [0.717, 1.165) is 31.4 Å². The second kappa shape index (κ2) is 25.5. The van der Waals surface area contributed by atoms with Gasteiger partial charge in [-0.05, 0) is 35.3 Å². The van der Waals surface area contributed by atoms with Gasteiger partial charge in [0.25, 0.3) is 0 Å². The Hall–Kier alpha value is -2.69. The van der Waals surface area contributed by atoms with Gasteiger partial charge in [-0.25, -0.2) is 0 Å². The van der Waals surface area contributed by atoms with Crippen LogP contribution in [0.5, 0.6) is 0 Å². The molecule has 14 heteroatoms. The van der Waals surface area contributed by atoms with E-state index in [2.05, 4.69) is 78.1 Å². The number of nitrogens with one attached hydrogen (secondary N) is 1. The van der Waals surface area contributed by atoms with Gasteiger partial charge in [-0.1, -0.05) is 104 Å². The summed E-state index contributed by atoms with van der Waals surface area (Å²) in [5.41, 5.74) is 3.72. The van der Waals surface area contributed by atoms with E-state index in [1.165, 1.54) is 16.7 Å². The van der Waals surface area contributed by atoms with E-state index in [1.54, 1.807) is 14.7 Å². The van der Waals surface area contributed by atoms with Crippen LogP contribution in [0.25, 0.3) is 0 Å². The van der Waals surface area contributed by atoms with E-state index < -0.39 is 17.9 Å². The predicted molar refractivity (Wildman–Crippen MR) is 204 cm³/mol. The van der Waals surface area contributed by atoms with Crippen LogP contribution in [-0.4, -0.2) is 134 Å². The fraction of sp³-hybridized carbons (Fsp3) is 0.463. The zero-order valence-corrected chi connectivity index (χ0v) is 34.6. The van der Waals surface area contributed by atoms with Crippen LogP contribution >= 0.6 is 11.8 Å². The molecule has 0 aliphatic carbocycles. The number of thioether (sulfide) groups is 1. The summed E-state index contributed by atoms with van der Waals surface area (Å²) in [5, 5.41) is 37.2. The standard InChI is InChI=1S/C41H55N5O7S.Eu/c47-37(30-43-21-23-44(31-38(48)49)25-27-46(33-40(52)53)28-26-45(24-22-43)32-39(50)51)42-20-12-1-2-13-29-54-41(34-14-6-3-7-15-34,35-16-8-4-9-17-35)36-18-10-5-11-19-36;/h3-11,14-19H,1-2,12-13,20-33H2,(H,42,47)(H,48,49)(H,50,51)(H,52,53);/q;+3/p-3. The molecule has 0 saturated carbocycles. The second-order valence-corrected chi connectivity index (χ2v) is 14.9. The zero-order valence-electron chi connectivity index (χ0n) is 31.3. The second-order valence-electron chi connectivity index (χ2n) is 13.6. The number of carboxylic acid groups (broad SMARTS) is 3. The van der Waals surface area contributed by atoms with Crippen LogP contribution in [0.3, 0.4) is 0 Å². The Balaban J connectivity index is 0.00000812. The average molecular weight is 911 g/mol. The first-order valence-electron chi connectivity index (χ1n) is 18.7. The van der Waals surface area contributed by atoms with Crippen molar-refractivity contribution in [1.29, 1.82) is 0 Å². The van der Waals surface area contributed by atoms with E-state index in [-0.39, 0.29) is 112 Å². The Labute approximate surface area is 370 Å². The molecule has 55 heavy (non-hydrogen) atoms. The molecule has 1 fully saturated rings. The number of carbonyl (C=O) groups is 4. The molecule has 1 aliphatic heterocycles. The molecule has 0 bridgehead atoms. The molecular formula is C41H52EuN5O7S. The minimum atomic E-state index is -1.27. The first kappa shape index (κ1) is 46.7. The third kappa shape index (κ3) is 16.4. The maximum atomic E-state index is 13.0. The molecule has 1 heterocycles. The molecule has 1 amide bonds. The van der Waals surface area contributed by atoms with Crippen molar-refractivity contribution in [1.82, 2.24) is 24.9 Å². The number of carboxylic acids is 3. The quantitative estimate of drug-likeness (QED) is 0.126. The van der Waals surface area contributed by atoms with Gasteiger partial charge in [-0.3, -0.25) is 24.4 Å². The smallest absolute Gasteiger partial charge is 0.549 e. The summed E-state index contributed by atoms with van der Waals surface area (Å²) in [6, 6.07) is 32.0. The molecule has 1 aliphatic rings. The molecule has 1 N–H and O–H groups in total. The molecule has 4 rings (SSSR count). The first-order chi connectivity index (χ1) is 26.2. The molecule has 0 radical (unpaired) electrons. The minimum absolute atomic E-state index is 0. The molecule has 0 spiro atoms. The van der Waals surface area contributed by atoms with Gasteiger partial charge in [0.05, 0.1) is 29.2 Å². The third-order valence-corrected chi connectivity index (χ3v) is 11.2. The summed E-state index contributed by atoms with van der Waals surface area (Å²) < 4.78 is -0.345. The molecule has 3 aromatic rings. The molecule has 12 nitrogen and oxygen atoms in total. The molecule has 1 saturated heterocycles. The minimum Gasteiger partial charge on any atom is -0.549 e. The summed E-state index contributed by atoms with van der Waals surface area (Å²) in [7, 11) is 0. The molecule has 296 valence electrons. The van der Waals surface area contributed by atoms with E-state index >= 15 is 0 Å². The largest absolute Gasteiger partial charge is 3.00 e. The Morgan fingerprint density at radius 2 is 0.836 bits per heavy atom. The van der Waals surface area contributed by atoms with Crippen molar-refractivity contribution in [2.75, 3.05) is 90.8 Å². The SMILES string of the molecule is O=C([O-])CN1CCN(CC(=O)[O-])CCN(CC(=O)NCCCCCCSC(c2ccccc2)(c2ccccc2)c2ccccc2)CCN(CC(=O)[O-])CC1.[Eu+3]. The third-order valence-electron chi connectivity index (χ3n) is 9.61.